The predicted octanol–water partition coefficient (Wildman–Crippen LogP) is 0.454. The van der Waals surface area contributed by atoms with Crippen LogP contribution in [0.4, 0.5) is 4.79 Å². The summed E-state index contributed by atoms with van der Waals surface area (Å²) in [6.07, 6.45) is 3.17. The number of urea groups is 1. The number of aryl methyl sites for hydroxylation is 1. The third-order valence-corrected chi connectivity index (χ3v) is 1.85. The lowest BCUT2D eigenvalue weighted by molar-refractivity contribution is 0.249. The van der Waals surface area contributed by atoms with E-state index in [1.54, 1.807) is 6.20 Å². The van der Waals surface area contributed by atoms with E-state index in [1.165, 1.54) is 17.6 Å². The number of nitrogens with zero attached hydrogens (tertiary/aromatic N) is 2. The van der Waals surface area contributed by atoms with Gasteiger partial charge >= 0.3 is 6.03 Å². The molecule has 2 amide bonds. The van der Waals surface area contributed by atoms with Gasteiger partial charge in [0.25, 0.3) is 0 Å². The Kier molecular flexibility index (Phi) is 2.76. The highest BCUT2D eigenvalue weighted by Gasteiger charge is 1.92. The van der Waals surface area contributed by atoms with E-state index in [2.05, 4.69) is 15.5 Å². The molecule has 3 N–H and O–H groups in total. The van der Waals surface area contributed by atoms with Crippen LogP contribution in [-0.4, -0.2) is 17.2 Å². The van der Waals surface area contributed by atoms with Crippen molar-refractivity contribution < 1.29 is 4.79 Å². The fourth-order valence-corrected chi connectivity index (χ4v) is 1.25. The molecule has 0 unspecified atom stereocenters. The summed E-state index contributed by atoms with van der Waals surface area (Å²) in [4.78, 5) is 15.1. The Morgan fingerprint density at radius 2 is 2.67 bits per heavy atom. The van der Waals surface area contributed by atoms with E-state index in [0.29, 0.717) is 0 Å². The first kappa shape index (κ1) is 8.66. The number of amides is 2. The molecule has 0 atom stereocenters. The monoisotopic (exact) mass is 184 g/mol. The van der Waals surface area contributed by atoms with Crippen LogP contribution in [0, 0.1) is 6.92 Å². The van der Waals surface area contributed by atoms with Crippen molar-refractivity contribution in [3.05, 3.63) is 16.1 Å². The van der Waals surface area contributed by atoms with E-state index >= 15 is 0 Å². The molecule has 0 spiro atoms. The Hall–Kier alpha value is -1.43. The van der Waals surface area contributed by atoms with Gasteiger partial charge in [-0.3, -0.25) is 0 Å². The van der Waals surface area contributed by atoms with E-state index in [1.807, 2.05) is 6.92 Å². The Balaban J connectivity index is 2.52. The average molecular weight is 184 g/mol. The molecule has 6 heteroatoms. The number of primary amides is 1. The van der Waals surface area contributed by atoms with Crippen LogP contribution in [0.1, 0.15) is 9.88 Å². The summed E-state index contributed by atoms with van der Waals surface area (Å²) in [5.41, 5.74) is 6.88. The molecule has 0 aromatic carbocycles. The third-order valence-electron chi connectivity index (χ3n) is 1.01. The largest absolute Gasteiger partial charge is 0.350 e. The fourth-order valence-electron chi connectivity index (χ4n) is 0.597. The minimum absolute atomic E-state index is 0.674. The lowest BCUT2D eigenvalue weighted by Gasteiger charge is -1.87. The van der Waals surface area contributed by atoms with Crippen LogP contribution >= 0.6 is 11.3 Å². The minimum atomic E-state index is -0.674. The number of rotatable bonds is 2. The van der Waals surface area contributed by atoms with Gasteiger partial charge in [-0.05, 0) is 6.92 Å². The second-order valence-corrected chi connectivity index (χ2v) is 3.28. The SMILES string of the molecule is Cc1ncc(/C=N/NC(N)=O)s1. The van der Waals surface area contributed by atoms with Crippen molar-refractivity contribution in [1.82, 2.24) is 10.4 Å². The summed E-state index contributed by atoms with van der Waals surface area (Å²) >= 11 is 1.49. The van der Waals surface area contributed by atoms with Crippen LogP contribution in [0.15, 0.2) is 11.3 Å². The second-order valence-electron chi connectivity index (χ2n) is 2.02. The topological polar surface area (TPSA) is 80.4 Å². The smallest absolute Gasteiger partial charge is 0.332 e. The summed E-state index contributed by atoms with van der Waals surface area (Å²) in [5, 5.41) is 4.53. The summed E-state index contributed by atoms with van der Waals surface area (Å²) in [7, 11) is 0. The average Bonchev–Trinajstić information content (AvgIpc) is 2.35. The molecule has 0 aliphatic carbocycles. The number of hydrazone groups is 1. The van der Waals surface area contributed by atoms with E-state index < -0.39 is 6.03 Å². The van der Waals surface area contributed by atoms with Crippen LogP contribution in [0.5, 0.6) is 0 Å². The van der Waals surface area contributed by atoms with Gasteiger partial charge in [0.1, 0.15) is 0 Å². The Bertz CT molecular complexity index is 306. The van der Waals surface area contributed by atoms with Gasteiger partial charge in [-0.15, -0.1) is 11.3 Å². The van der Waals surface area contributed by atoms with Crippen molar-refractivity contribution in [3.8, 4) is 0 Å². The van der Waals surface area contributed by atoms with E-state index in [0.717, 1.165) is 9.88 Å². The van der Waals surface area contributed by atoms with Crippen LogP contribution in [0.2, 0.25) is 0 Å². The summed E-state index contributed by atoms with van der Waals surface area (Å²) < 4.78 is 0. The highest BCUT2D eigenvalue weighted by atomic mass is 32.1. The Labute approximate surface area is 73.3 Å². The number of carbonyl (C=O) groups is 1. The number of nitrogens with two attached hydrogens (primary N) is 1. The lowest BCUT2D eigenvalue weighted by atomic mass is 10.6. The third kappa shape index (κ3) is 2.67. The van der Waals surface area contributed by atoms with Crippen molar-refractivity contribution in [2.75, 3.05) is 0 Å². The first-order valence-corrected chi connectivity index (χ1v) is 4.01. The standard InChI is InChI=1S/C6H8N4OS/c1-4-8-2-5(12-4)3-9-10-6(7)11/h2-3H,1H3,(H3,7,10,11)/b9-3+. The van der Waals surface area contributed by atoms with Crippen molar-refractivity contribution in [3.63, 3.8) is 0 Å². The normalized spacial score (nSPS) is 10.4. The molecule has 0 saturated heterocycles. The van der Waals surface area contributed by atoms with E-state index in [9.17, 15) is 4.79 Å². The number of carbonyl (C=O) groups excluding carboxylic acids is 1. The minimum Gasteiger partial charge on any atom is -0.350 e. The lowest BCUT2D eigenvalue weighted by Crippen LogP contribution is -2.24. The number of nitrogens with one attached hydrogen (secondary N) is 1. The van der Waals surface area contributed by atoms with E-state index in [4.69, 9.17) is 5.73 Å². The zero-order valence-corrected chi connectivity index (χ0v) is 7.26. The predicted molar refractivity (Wildman–Crippen MR) is 47.2 cm³/mol. The molecule has 12 heavy (non-hydrogen) atoms. The highest BCUT2D eigenvalue weighted by molar-refractivity contribution is 7.13. The molecule has 64 valence electrons. The van der Waals surface area contributed by atoms with Gasteiger partial charge in [0.2, 0.25) is 0 Å². The van der Waals surface area contributed by atoms with Gasteiger partial charge in [0.05, 0.1) is 16.1 Å². The maximum atomic E-state index is 10.2. The molecule has 1 aromatic rings. The van der Waals surface area contributed by atoms with Gasteiger partial charge < -0.3 is 5.73 Å². The maximum Gasteiger partial charge on any atom is 0.332 e. The summed E-state index contributed by atoms with van der Waals surface area (Å²) in [6, 6.07) is -0.674. The molecule has 1 aromatic heterocycles. The summed E-state index contributed by atoms with van der Waals surface area (Å²) in [5.74, 6) is 0. The van der Waals surface area contributed by atoms with Gasteiger partial charge in [-0.25, -0.2) is 15.2 Å². The molecule has 1 rings (SSSR count). The molecule has 5 nitrogen and oxygen atoms in total. The van der Waals surface area contributed by atoms with Gasteiger partial charge in [0.15, 0.2) is 0 Å². The molecule has 1 heterocycles. The number of hydrogen-bond donors (Lipinski definition) is 2. The molecule has 0 aliphatic heterocycles. The number of aromatic nitrogens is 1. The van der Waals surface area contributed by atoms with Crippen LogP contribution in [0.3, 0.4) is 0 Å². The van der Waals surface area contributed by atoms with Crippen molar-refractivity contribution in [2.24, 2.45) is 10.8 Å². The molecule has 0 radical (unpaired) electrons. The molecular weight excluding hydrogens is 176 g/mol. The molecule has 0 bridgehead atoms. The fraction of sp³-hybridized carbons (Fsp3) is 0.167. The first-order valence-electron chi connectivity index (χ1n) is 3.19. The zero-order chi connectivity index (χ0) is 8.97. The molecule has 0 aliphatic rings. The van der Waals surface area contributed by atoms with Crippen LogP contribution in [0.25, 0.3) is 0 Å². The van der Waals surface area contributed by atoms with Gasteiger partial charge in [0, 0.05) is 6.20 Å². The van der Waals surface area contributed by atoms with Crippen LogP contribution in [-0.2, 0) is 0 Å². The molecule has 0 fully saturated rings. The second kappa shape index (κ2) is 3.82. The van der Waals surface area contributed by atoms with Crippen molar-refractivity contribution >= 4 is 23.6 Å². The Morgan fingerprint density at radius 3 is 3.17 bits per heavy atom. The van der Waals surface area contributed by atoms with E-state index in [-0.39, 0.29) is 0 Å². The van der Waals surface area contributed by atoms with Gasteiger partial charge in [-0.1, -0.05) is 0 Å². The first-order chi connectivity index (χ1) is 5.68. The summed E-state index contributed by atoms with van der Waals surface area (Å²) in [6.45, 7) is 1.89. The highest BCUT2D eigenvalue weighted by Crippen LogP contribution is 2.07. The zero-order valence-electron chi connectivity index (χ0n) is 6.44. The Morgan fingerprint density at radius 1 is 1.92 bits per heavy atom. The van der Waals surface area contributed by atoms with Crippen molar-refractivity contribution in [2.45, 2.75) is 6.92 Å². The molecule has 0 saturated carbocycles. The quantitative estimate of drug-likeness (QED) is 0.517. The van der Waals surface area contributed by atoms with Crippen molar-refractivity contribution in [1.29, 1.82) is 0 Å². The number of hydrogen-bond acceptors (Lipinski definition) is 4. The number of thiazole rings is 1. The van der Waals surface area contributed by atoms with Gasteiger partial charge in [-0.2, -0.15) is 5.10 Å². The molecular formula is C6H8N4OS. The maximum absolute atomic E-state index is 10.2. The van der Waals surface area contributed by atoms with Crippen LogP contribution < -0.4 is 11.2 Å².